The Balaban J connectivity index is 2.32. The van der Waals surface area contributed by atoms with Crippen LogP contribution in [-0.2, 0) is 4.74 Å². The molecule has 21 heavy (non-hydrogen) atoms. The van der Waals surface area contributed by atoms with E-state index in [1.54, 1.807) is 18.2 Å². The first kappa shape index (κ1) is 14.4. The minimum Gasteiger partial charge on any atom is -0.508 e. The third-order valence-corrected chi connectivity index (χ3v) is 2.86. The predicted molar refractivity (Wildman–Crippen MR) is 78.3 cm³/mol. The summed E-state index contributed by atoms with van der Waals surface area (Å²) >= 11 is 0. The molecule has 0 unspecified atom stereocenters. The highest BCUT2D eigenvalue weighted by atomic mass is 16.5. The summed E-state index contributed by atoms with van der Waals surface area (Å²) in [6, 6.07) is 10.5. The molecule has 0 aliphatic rings. The van der Waals surface area contributed by atoms with Crippen molar-refractivity contribution in [1.29, 1.82) is 0 Å². The molecule has 6 nitrogen and oxygen atoms in total. The second-order valence-electron chi connectivity index (χ2n) is 4.26. The molecule has 6 heteroatoms. The van der Waals surface area contributed by atoms with Gasteiger partial charge in [-0.3, -0.25) is 4.79 Å². The van der Waals surface area contributed by atoms with Gasteiger partial charge in [0.05, 0.1) is 23.9 Å². The van der Waals surface area contributed by atoms with Crippen molar-refractivity contribution in [1.82, 2.24) is 0 Å². The third kappa shape index (κ3) is 3.11. The number of benzene rings is 2. The number of hydrogen-bond acceptors (Lipinski definition) is 5. The molecule has 0 saturated heterocycles. The molecule has 0 radical (unpaired) electrons. The fraction of sp³-hybridized carbons (Fsp3) is 0.0667. The number of hydrogen-bond donors (Lipinski definition) is 3. The molecule has 108 valence electrons. The third-order valence-electron chi connectivity index (χ3n) is 2.86. The maximum absolute atomic E-state index is 12.2. The van der Waals surface area contributed by atoms with Crippen molar-refractivity contribution in [2.45, 2.75) is 0 Å². The zero-order valence-corrected chi connectivity index (χ0v) is 11.3. The maximum Gasteiger partial charge on any atom is 0.339 e. The van der Waals surface area contributed by atoms with E-state index in [9.17, 15) is 14.7 Å². The first-order valence-electron chi connectivity index (χ1n) is 6.10. The molecule has 1 amide bonds. The average molecular weight is 286 g/mol. The SMILES string of the molecule is COC(=O)c1ccccc1NC(=O)c1cc(O)ccc1N. The number of carbonyl (C=O) groups is 2. The van der Waals surface area contributed by atoms with Gasteiger partial charge in [0.15, 0.2) is 0 Å². The van der Waals surface area contributed by atoms with Gasteiger partial charge in [-0.15, -0.1) is 0 Å². The molecular formula is C15H14N2O4. The van der Waals surface area contributed by atoms with E-state index in [2.05, 4.69) is 10.1 Å². The lowest BCUT2D eigenvalue weighted by atomic mass is 10.1. The number of carbonyl (C=O) groups excluding carboxylic acids is 2. The van der Waals surface area contributed by atoms with Gasteiger partial charge in [-0.1, -0.05) is 12.1 Å². The van der Waals surface area contributed by atoms with Crippen molar-refractivity contribution in [3.05, 3.63) is 53.6 Å². The predicted octanol–water partition coefficient (Wildman–Crippen LogP) is 2.01. The normalized spacial score (nSPS) is 9.95. The first-order chi connectivity index (χ1) is 10.0. The summed E-state index contributed by atoms with van der Waals surface area (Å²) in [6.45, 7) is 0. The Morgan fingerprint density at radius 3 is 2.57 bits per heavy atom. The quantitative estimate of drug-likeness (QED) is 0.455. The van der Waals surface area contributed by atoms with E-state index >= 15 is 0 Å². The van der Waals surface area contributed by atoms with E-state index in [0.717, 1.165) is 0 Å². The summed E-state index contributed by atoms with van der Waals surface area (Å²) in [5, 5.41) is 12.0. The second-order valence-corrected chi connectivity index (χ2v) is 4.26. The standard InChI is InChI=1S/C15H14N2O4/c1-21-15(20)10-4-2-3-5-13(10)17-14(19)11-8-9(18)6-7-12(11)16/h2-8,18H,16H2,1H3,(H,17,19). The summed E-state index contributed by atoms with van der Waals surface area (Å²) in [5.41, 5.74) is 6.58. The Kier molecular flexibility index (Phi) is 4.08. The topological polar surface area (TPSA) is 102 Å². The van der Waals surface area contributed by atoms with E-state index in [4.69, 9.17) is 5.73 Å². The van der Waals surface area contributed by atoms with Gasteiger partial charge in [0.2, 0.25) is 0 Å². The van der Waals surface area contributed by atoms with E-state index in [-0.39, 0.29) is 22.6 Å². The monoisotopic (exact) mass is 286 g/mol. The first-order valence-corrected chi connectivity index (χ1v) is 6.10. The molecule has 0 aliphatic carbocycles. The van der Waals surface area contributed by atoms with Gasteiger partial charge in [-0.25, -0.2) is 4.79 Å². The summed E-state index contributed by atoms with van der Waals surface area (Å²) in [4.78, 5) is 23.8. The Morgan fingerprint density at radius 2 is 1.86 bits per heavy atom. The molecular weight excluding hydrogens is 272 g/mol. The number of rotatable bonds is 3. The van der Waals surface area contributed by atoms with Gasteiger partial charge in [0.1, 0.15) is 5.75 Å². The summed E-state index contributed by atoms with van der Waals surface area (Å²) < 4.78 is 4.65. The van der Waals surface area contributed by atoms with Crippen LogP contribution in [-0.4, -0.2) is 24.1 Å². The minimum atomic E-state index is -0.560. The smallest absolute Gasteiger partial charge is 0.339 e. The fourth-order valence-corrected chi connectivity index (χ4v) is 1.81. The van der Waals surface area contributed by atoms with Crippen LogP contribution in [0.15, 0.2) is 42.5 Å². The number of para-hydroxylation sites is 1. The Hall–Kier alpha value is -3.02. The van der Waals surface area contributed by atoms with Gasteiger partial charge in [0, 0.05) is 5.69 Å². The zero-order valence-electron chi connectivity index (χ0n) is 11.3. The van der Waals surface area contributed by atoms with Crippen LogP contribution in [0.4, 0.5) is 11.4 Å². The van der Waals surface area contributed by atoms with Gasteiger partial charge < -0.3 is 20.9 Å². The highest BCUT2D eigenvalue weighted by molar-refractivity contribution is 6.10. The molecule has 0 atom stereocenters. The van der Waals surface area contributed by atoms with Gasteiger partial charge in [0.25, 0.3) is 5.91 Å². The Bertz CT molecular complexity index is 698. The molecule has 0 heterocycles. The highest BCUT2D eigenvalue weighted by Crippen LogP contribution is 2.22. The molecule has 2 aromatic rings. The molecule has 0 aliphatic heterocycles. The number of anilines is 2. The molecule has 2 aromatic carbocycles. The summed E-state index contributed by atoms with van der Waals surface area (Å²) in [7, 11) is 1.26. The zero-order chi connectivity index (χ0) is 15.4. The van der Waals surface area contributed by atoms with Crippen molar-refractivity contribution in [2.75, 3.05) is 18.2 Å². The Morgan fingerprint density at radius 1 is 1.14 bits per heavy atom. The molecule has 0 fully saturated rings. The molecule has 2 rings (SSSR count). The number of amides is 1. The lowest BCUT2D eigenvalue weighted by Crippen LogP contribution is -2.16. The largest absolute Gasteiger partial charge is 0.508 e. The summed E-state index contributed by atoms with van der Waals surface area (Å²) in [6.07, 6.45) is 0. The number of methoxy groups -OCH3 is 1. The van der Waals surface area contributed by atoms with E-state index in [1.165, 1.54) is 31.4 Å². The number of phenols is 1. The number of aromatic hydroxyl groups is 1. The number of nitrogen functional groups attached to an aromatic ring is 1. The summed E-state index contributed by atoms with van der Waals surface area (Å²) in [5.74, 6) is -1.16. The lowest BCUT2D eigenvalue weighted by Gasteiger charge is -2.11. The van der Waals surface area contributed by atoms with Crippen LogP contribution in [0.1, 0.15) is 20.7 Å². The highest BCUT2D eigenvalue weighted by Gasteiger charge is 2.16. The number of nitrogens with two attached hydrogens (primary N) is 1. The van der Waals surface area contributed by atoms with Crippen LogP contribution < -0.4 is 11.1 Å². The Labute approximate surface area is 121 Å². The molecule has 0 bridgehead atoms. The van der Waals surface area contributed by atoms with Crippen molar-refractivity contribution in [3.8, 4) is 5.75 Å². The number of phenolic OH excluding ortho intramolecular Hbond substituents is 1. The molecule has 0 saturated carbocycles. The van der Waals surface area contributed by atoms with Gasteiger partial charge in [-0.2, -0.15) is 0 Å². The van der Waals surface area contributed by atoms with Crippen molar-refractivity contribution >= 4 is 23.3 Å². The lowest BCUT2D eigenvalue weighted by molar-refractivity contribution is 0.0602. The van der Waals surface area contributed by atoms with Crippen LogP contribution in [0, 0.1) is 0 Å². The van der Waals surface area contributed by atoms with Crippen LogP contribution in [0.25, 0.3) is 0 Å². The van der Waals surface area contributed by atoms with Gasteiger partial charge >= 0.3 is 5.97 Å². The minimum absolute atomic E-state index is 0.0735. The average Bonchev–Trinajstić information content (AvgIpc) is 2.49. The molecule has 0 aromatic heterocycles. The fourth-order valence-electron chi connectivity index (χ4n) is 1.81. The number of esters is 1. The molecule has 0 spiro atoms. The number of nitrogens with one attached hydrogen (secondary N) is 1. The van der Waals surface area contributed by atoms with Crippen molar-refractivity contribution in [2.24, 2.45) is 0 Å². The maximum atomic E-state index is 12.2. The number of ether oxygens (including phenoxy) is 1. The molecule has 4 N–H and O–H groups in total. The van der Waals surface area contributed by atoms with E-state index < -0.39 is 11.9 Å². The second kappa shape index (κ2) is 5.96. The van der Waals surface area contributed by atoms with Crippen LogP contribution >= 0.6 is 0 Å². The van der Waals surface area contributed by atoms with Crippen molar-refractivity contribution < 1.29 is 19.4 Å². The van der Waals surface area contributed by atoms with E-state index in [0.29, 0.717) is 5.69 Å². The van der Waals surface area contributed by atoms with Crippen LogP contribution in [0.5, 0.6) is 5.75 Å². The van der Waals surface area contributed by atoms with Gasteiger partial charge in [-0.05, 0) is 30.3 Å². The van der Waals surface area contributed by atoms with E-state index in [1.807, 2.05) is 0 Å². The van der Waals surface area contributed by atoms with Crippen LogP contribution in [0.3, 0.4) is 0 Å². The van der Waals surface area contributed by atoms with Crippen LogP contribution in [0.2, 0.25) is 0 Å². The van der Waals surface area contributed by atoms with Crippen molar-refractivity contribution in [3.63, 3.8) is 0 Å².